The number of aromatic nitrogens is 1. The lowest BCUT2D eigenvalue weighted by atomic mass is 10.2. The molecule has 1 aliphatic rings. The highest BCUT2D eigenvalue weighted by Gasteiger charge is 2.24. The monoisotopic (exact) mass is 237 g/mol. The third-order valence-electron chi connectivity index (χ3n) is 3.19. The first-order valence-electron chi connectivity index (χ1n) is 6.40. The largest absolute Gasteiger partial charge is 0.352 e. The van der Waals surface area contributed by atoms with Gasteiger partial charge in [-0.3, -0.25) is 0 Å². The summed E-state index contributed by atoms with van der Waals surface area (Å²) < 4.78 is 12.8. The SMILES string of the molecule is CCCNCC1CCCN1c1ccc(F)cn1. The molecule has 0 aliphatic carbocycles. The molecule has 1 atom stereocenters. The molecule has 1 unspecified atom stereocenters. The third-order valence-corrected chi connectivity index (χ3v) is 3.19. The van der Waals surface area contributed by atoms with Gasteiger partial charge in [0.1, 0.15) is 11.6 Å². The molecule has 0 amide bonds. The van der Waals surface area contributed by atoms with Crippen molar-refractivity contribution in [1.82, 2.24) is 10.3 Å². The van der Waals surface area contributed by atoms with Crippen LogP contribution in [0.5, 0.6) is 0 Å². The van der Waals surface area contributed by atoms with E-state index in [-0.39, 0.29) is 5.82 Å². The molecule has 1 N–H and O–H groups in total. The molecular formula is C13H20FN3. The average molecular weight is 237 g/mol. The zero-order chi connectivity index (χ0) is 12.1. The van der Waals surface area contributed by atoms with E-state index < -0.39 is 0 Å². The maximum absolute atomic E-state index is 12.8. The molecular weight excluding hydrogens is 217 g/mol. The number of hydrogen-bond donors (Lipinski definition) is 1. The molecule has 4 heteroatoms. The summed E-state index contributed by atoms with van der Waals surface area (Å²) in [4.78, 5) is 6.44. The number of anilines is 1. The van der Waals surface area contributed by atoms with Crippen molar-refractivity contribution < 1.29 is 4.39 Å². The van der Waals surface area contributed by atoms with Crippen molar-refractivity contribution in [1.29, 1.82) is 0 Å². The highest BCUT2D eigenvalue weighted by Crippen LogP contribution is 2.23. The van der Waals surface area contributed by atoms with Crippen LogP contribution in [0.3, 0.4) is 0 Å². The highest BCUT2D eigenvalue weighted by molar-refractivity contribution is 5.40. The molecule has 17 heavy (non-hydrogen) atoms. The Hall–Kier alpha value is -1.16. The van der Waals surface area contributed by atoms with Crippen LogP contribution in [0.4, 0.5) is 10.2 Å². The van der Waals surface area contributed by atoms with E-state index in [9.17, 15) is 4.39 Å². The quantitative estimate of drug-likeness (QED) is 0.796. The fraction of sp³-hybridized carbons (Fsp3) is 0.615. The standard InChI is InChI=1S/C13H20FN3/c1-2-7-15-10-12-4-3-8-17(12)13-6-5-11(14)9-16-13/h5-6,9,12,15H,2-4,7-8,10H2,1H3. The van der Waals surface area contributed by atoms with E-state index in [0.717, 1.165) is 31.9 Å². The lowest BCUT2D eigenvalue weighted by Gasteiger charge is -2.25. The van der Waals surface area contributed by atoms with Gasteiger partial charge in [0.15, 0.2) is 0 Å². The van der Waals surface area contributed by atoms with Gasteiger partial charge in [-0.1, -0.05) is 6.92 Å². The fourth-order valence-electron chi connectivity index (χ4n) is 2.33. The van der Waals surface area contributed by atoms with Crippen molar-refractivity contribution >= 4 is 5.82 Å². The Labute approximate surface area is 102 Å². The molecule has 0 bridgehead atoms. The van der Waals surface area contributed by atoms with E-state index in [4.69, 9.17) is 0 Å². The molecule has 1 aromatic heterocycles. The zero-order valence-corrected chi connectivity index (χ0v) is 10.3. The van der Waals surface area contributed by atoms with E-state index in [1.54, 1.807) is 6.07 Å². The minimum absolute atomic E-state index is 0.270. The van der Waals surface area contributed by atoms with Gasteiger partial charge in [0.2, 0.25) is 0 Å². The van der Waals surface area contributed by atoms with Gasteiger partial charge in [-0.25, -0.2) is 9.37 Å². The first-order valence-corrected chi connectivity index (χ1v) is 6.40. The predicted octanol–water partition coefficient (Wildman–Crippen LogP) is 2.19. The lowest BCUT2D eigenvalue weighted by molar-refractivity contribution is 0.567. The summed E-state index contributed by atoms with van der Waals surface area (Å²) >= 11 is 0. The van der Waals surface area contributed by atoms with Gasteiger partial charge in [-0.05, 0) is 37.9 Å². The normalized spacial score (nSPS) is 19.9. The van der Waals surface area contributed by atoms with Crippen LogP contribution in [0.2, 0.25) is 0 Å². The van der Waals surface area contributed by atoms with Crippen LogP contribution >= 0.6 is 0 Å². The first-order chi connectivity index (χ1) is 8.31. The van der Waals surface area contributed by atoms with Crippen LogP contribution < -0.4 is 10.2 Å². The van der Waals surface area contributed by atoms with Crippen molar-refractivity contribution in [3.05, 3.63) is 24.1 Å². The topological polar surface area (TPSA) is 28.2 Å². The molecule has 1 aliphatic heterocycles. The molecule has 0 aromatic carbocycles. The molecule has 2 heterocycles. The van der Waals surface area contributed by atoms with Crippen LogP contribution in [0.15, 0.2) is 18.3 Å². The molecule has 1 fully saturated rings. The summed E-state index contributed by atoms with van der Waals surface area (Å²) in [5, 5.41) is 3.44. The molecule has 0 saturated carbocycles. The van der Waals surface area contributed by atoms with Gasteiger partial charge >= 0.3 is 0 Å². The van der Waals surface area contributed by atoms with E-state index >= 15 is 0 Å². The van der Waals surface area contributed by atoms with Gasteiger partial charge in [0, 0.05) is 19.1 Å². The van der Waals surface area contributed by atoms with Gasteiger partial charge < -0.3 is 10.2 Å². The molecule has 94 valence electrons. The maximum atomic E-state index is 12.8. The Morgan fingerprint density at radius 3 is 3.12 bits per heavy atom. The average Bonchev–Trinajstić information content (AvgIpc) is 2.79. The summed E-state index contributed by atoms with van der Waals surface area (Å²) in [7, 11) is 0. The van der Waals surface area contributed by atoms with E-state index in [1.807, 2.05) is 0 Å². The molecule has 1 saturated heterocycles. The molecule has 2 rings (SSSR count). The summed E-state index contributed by atoms with van der Waals surface area (Å²) in [6.45, 7) is 5.24. The van der Waals surface area contributed by atoms with Crippen LogP contribution in [0.25, 0.3) is 0 Å². The minimum atomic E-state index is -0.270. The Kier molecular flexibility index (Phi) is 4.31. The number of pyridine rings is 1. The van der Waals surface area contributed by atoms with Crippen molar-refractivity contribution in [3.63, 3.8) is 0 Å². The second-order valence-electron chi connectivity index (χ2n) is 4.53. The van der Waals surface area contributed by atoms with Crippen molar-refractivity contribution in [2.45, 2.75) is 32.2 Å². The number of nitrogens with zero attached hydrogens (tertiary/aromatic N) is 2. The zero-order valence-electron chi connectivity index (χ0n) is 10.3. The van der Waals surface area contributed by atoms with Gasteiger partial charge in [0.25, 0.3) is 0 Å². The molecule has 0 radical (unpaired) electrons. The Bertz CT molecular complexity index is 339. The number of halogens is 1. The van der Waals surface area contributed by atoms with Gasteiger partial charge in [-0.15, -0.1) is 0 Å². The predicted molar refractivity (Wildman–Crippen MR) is 67.7 cm³/mol. The number of hydrogen-bond acceptors (Lipinski definition) is 3. The van der Waals surface area contributed by atoms with E-state index in [1.165, 1.54) is 25.1 Å². The summed E-state index contributed by atoms with van der Waals surface area (Å²) in [6, 6.07) is 3.75. The lowest BCUT2D eigenvalue weighted by Crippen LogP contribution is -2.38. The van der Waals surface area contributed by atoms with E-state index in [0.29, 0.717) is 6.04 Å². The summed E-state index contributed by atoms with van der Waals surface area (Å²) in [5.41, 5.74) is 0. The number of nitrogens with one attached hydrogen (secondary N) is 1. The smallest absolute Gasteiger partial charge is 0.141 e. The Morgan fingerprint density at radius 2 is 2.41 bits per heavy atom. The van der Waals surface area contributed by atoms with Gasteiger partial charge in [-0.2, -0.15) is 0 Å². The maximum Gasteiger partial charge on any atom is 0.141 e. The highest BCUT2D eigenvalue weighted by atomic mass is 19.1. The summed E-state index contributed by atoms with van der Waals surface area (Å²) in [5.74, 6) is 0.626. The molecule has 0 spiro atoms. The number of rotatable bonds is 5. The Morgan fingerprint density at radius 1 is 1.53 bits per heavy atom. The van der Waals surface area contributed by atoms with Crippen molar-refractivity contribution in [2.75, 3.05) is 24.5 Å². The van der Waals surface area contributed by atoms with Crippen LogP contribution in [0.1, 0.15) is 26.2 Å². The van der Waals surface area contributed by atoms with Crippen LogP contribution in [-0.2, 0) is 0 Å². The van der Waals surface area contributed by atoms with Crippen molar-refractivity contribution in [3.8, 4) is 0 Å². The molecule has 3 nitrogen and oxygen atoms in total. The van der Waals surface area contributed by atoms with Gasteiger partial charge in [0.05, 0.1) is 6.20 Å². The van der Waals surface area contributed by atoms with E-state index in [2.05, 4.69) is 22.1 Å². The first kappa shape index (κ1) is 12.3. The second-order valence-corrected chi connectivity index (χ2v) is 4.53. The summed E-state index contributed by atoms with van der Waals surface area (Å²) in [6.07, 6.45) is 4.83. The Balaban J connectivity index is 1.96. The van der Waals surface area contributed by atoms with Crippen LogP contribution in [0, 0.1) is 5.82 Å². The van der Waals surface area contributed by atoms with Crippen LogP contribution in [-0.4, -0.2) is 30.7 Å². The minimum Gasteiger partial charge on any atom is -0.352 e. The fourth-order valence-corrected chi connectivity index (χ4v) is 2.33. The second kappa shape index (κ2) is 5.96. The van der Waals surface area contributed by atoms with Crippen molar-refractivity contribution in [2.24, 2.45) is 0 Å². The third kappa shape index (κ3) is 3.16. The molecule has 1 aromatic rings.